The number of imide groups is 1. The Balaban J connectivity index is 1.88. The van der Waals surface area contributed by atoms with Crippen molar-refractivity contribution in [3.05, 3.63) is 65.5 Å². The second-order valence-electron chi connectivity index (χ2n) is 8.71. The number of hydrogen-bond acceptors (Lipinski definition) is 6. The van der Waals surface area contributed by atoms with Gasteiger partial charge in [0, 0.05) is 17.2 Å². The highest BCUT2D eigenvalue weighted by Crippen LogP contribution is 2.52. The predicted molar refractivity (Wildman–Crippen MR) is 122 cm³/mol. The van der Waals surface area contributed by atoms with E-state index in [4.69, 9.17) is 4.74 Å². The van der Waals surface area contributed by atoms with E-state index in [-0.39, 0.29) is 30.1 Å². The average molecular weight is 467 g/mol. The number of amides is 2. The number of ether oxygens (including phenoxy) is 1. The Kier molecular flexibility index (Phi) is 6.36. The van der Waals surface area contributed by atoms with Crippen LogP contribution in [0.5, 0.6) is 0 Å². The second-order valence-corrected chi connectivity index (χ2v) is 8.71. The Hall–Kier alpha value is -3.39. The van der Waals surface area contributed by atoms with Crippen molar-refractivity contribution in [1.29, 1.82) is 0 Å². The molecule has 2 aromatic rings. The maximum Gasteiger partial charge on any atom is 0.327 e. The van der Waals surface area contributed by atoms with Crippen molar-refractivity contribution in [2.45, 2.75) is 45.2 Å². The third-order valence-corrected chi connectivity index (χ3v) is 6.69. The van der Waals surface area contributed by atoms with E-state index in [9.17, 15) is 23.6 Å². The molecule has 34 heavy (non-hydrogen) atoms. The lowest BCUT2D eigenvalue weighted by molar-refractivity contribution is -0.155. The van der Waals surface area contributed by atoms with Crippen LogP contribution < -0.4 is 10.2 Å². The summed E-state index contributed by atoms with van der Waals surface area (Å²) in [5.41, 5.74) is -0.676. The van der Waals surface area contributed by atoms with Crippen molar-refractivity contribution in [2.24, 2.45) is 11.8 Å². The summed E-state index contributed by atoms with van der Waals surface area (Å²) >= 11 is 0. The normalized spacial score (nSPS) is 26.0. The Morgan fingerprint density at radius 1 is 1.09 bits per heavy atom. The van der Waals surface area contributed by atoms with Gasteiger partial charge in [-0.05, 0) is 38.5 Å². The number of anilines is 1. The van der Waals surface area contributed by atoms with Gasteiger partial charge in [0.25, 0.3) is 0 Å². The molecule has 2 amide bonds. The summed E-state index contributed by atoms with van der Waals surface area (Å²) in [5.74, 6) is -4.58. The van der Waals surface area contributed by atoms with E-state index in [0.29, 0.717) is 12.0 Å². The van der Waals surface area contributed by atoms with Gasteiger partial charge in [-0.15, -0.1) is 0 Å². The van der Waals surface area contributed by atoms with Gasteiger partial charge in [0.1, 0.15) is 11.4 Å². The number of Topliss-reactive ketones (excluding diaryl/α,β-unsaturated/α-hetero) is 1. The van der Waals surface area contributed by atoms with Gasteiger partial charge in [0.05, 0.1) is 24.1 Å². The molecule has 0 radical (unpaired) electrons. The van der Waals surface area contributed by atoms with Gasteiger partial charge >= 0.3 is 5.97 Å². The van der Waals surface area contributed by atoms with Crippen LogP contribution in [-0.4, -0.2) is 35.7 Å². The fourth-order valence-electron chi connectivity index (χ4n) is 5.29. The third-order valence-electron chi connectivity index (χ3n) is 6.69. The number of halogens is 1. The van der Waals surface area contributed by atoms with Crippen molar-refractivity contribution < 1.29 is 28.3 Å². The molecule has 7 nitrogen and oxygen atoms in total. The van der Waals surface area contributed by atoms with E-state index in [0.717, 1.165) is 4.90 Å². The van der Waals surface area contributed by atoms with Crippen LogP contribution in [0.4, 0.5) is 10.1 Å². The smallest absolute Gasteiger partial charge is 0.327 e. The summed E-state index contributed by atoms with van der Waals surface area (Å²) < 4.78 is 20.2. The minimum atomic E-state index is -1.48. The van der Waals surface area contributed by atoms with Gasteiger partial charge in [0.15, 0.2) is 5.78 Å². The first kappa shape index (κ1) is 23.8. The predicted octanol–water partition coefficient (Wildman–Crippen LogP) is 3.58. The quantitative estimate of drug-likeness (QED) is 0.381. The number of carbonyl (C=O) groups is 4. The molecule has 0 aromatic heterocycles. The molecular formula is C26H27FN2O5. The standard InChI is InChI=1S/C26H27FN2O5/c1-4-13-26(25(33)34-5-2)21-20(22(28-26)18-11-6-7-12-19(18)27)23(31)29(24(21)32)17-10-8-9-16(14-17)15(3)30/h6-12,14,20-22,28H,4-5,13H2,1-3H3. The fraction of sp³-hybridized carbons (Fsp3) is 0.385. The maximum absolute atomic E-state index is 14.9. The number of rotatable bonds is 7. The topological polar surface area (TPSA) is 92.8 Å². The van der Waals surface area contributed by atoms with E-state index >= 15 is 0 Å². The van der Waals surface area contributed by atoms with Crippen LogP contribution in [-0.2, 0) is 19.1 Å². The molecule has 0 aliphatic carbocycles. The number of fused-ring (bicyclic) bond motifs is 1. The molecule has 4 unspecified atom stereocenters. The number of benzene rings is 2. The van der Waals surface area contributed by atoms with E-state index in [1.165, 1.54) is 25.1 Å². The van der Waals surface area contributed by atoms with Crippen molar-refractivity contribution in [3.63, 3.8) is 0 Å². The number of ketones is 1. The molecule has 2 heterocycles. The van der Waals surface area contributed by atoms with Crippen molar-refractivity contribution >= 4 is 29.3 Å². The highest BCUT2D eigenvalue weighted by molar-refractivity contribution is 6.24. The van der Waals surface area contributed by atoms with Crippen LogP contribution >= 0.6 is 0 Å². The number of nitrogens with one attached hydrogen (secondary N) is 1. The van der Waals surface area contributed by atoms with Crippen LogP contribution in [0.15, 0.2) is 48.5 Å². The summed E-state index contributed by atoms with van der Waals surface area (Å²) in [6.45, 7) is 5.02. The third kappa shape index (κ3) is 3.62. The SMILES string of the molecule is CCCC1(C(=O)OCC)NC(c2ccccc2F)C2C(=O)N(c3cccc(C(C)=O)c3)C(=O)C21. The van der Waals surface area contributed by atoms with E-state index in [1.807, 2.05) is 6.92 Å². The number of carbonyl (C=O) groups excluding carboxylic acids is 4. The average Bonchev–Trinajstić information content (AvgIpc) is 3.29. The van der Waals surface area contributed by atoms with E-state index < -0.39 is 47.0 Å². The molecule has 8 heteroatoms. The molecule has 4 rings (SSSR count). The Labute approximate surface area is 197 Å². The second kappa shape index (κ2) is 9.10. The zero-order valence-corrected chi connectivity index (χ0v) is 19.3. The van der Waals surface area contributed by atoms with Crippen molar-refractivity contribution in [3.8, 4) is 0 Å². The molecule has 178 valence electrons. The first-order chi connectivity index (χ1) is 16.3. The van der Waals surface area contributed by atoms with Crippen LogP contribution in [0.2, 0.25) is 0 Å². The lowest BCUT2D eigenvalue weighted by Gasteiger charge is -2.32. The fourth-order valence-corrected chi connectivity index (χ4v) is 5.29. The molecule has 2 fully saturated rings. The monoisotopic (exact) mass is 466 g/mol. The molecule has 2 aliphatic heterocycles. The van der Waals surface area contributed by atoms with Gasteiger partial charge in [-0.3, -0.25) is 24.5 Å². The molecule has 1 N–H and O–H groups in total. The zero-order valence-electron chi connectivity index (χ0n) is 19.3. The molecule has 0 bridgehead atoms. The molecule has 2 aliphatic rings. The maximum atomic E-state index is 14.9. The van der Waals surface area contributed by atoms with Gasteiger partial charge in [0.2, 0.25) is 11.8 Å². The summed E-state index contributed by atoms with van der Waals surface area (Å²) in [4.78, 5) is 53.8. The van der Waals surface area contributed by atoms with Crippen molar-refractivity contribution in [2.75, 3.05) is 11.5 Å². The lowest BCUT2D eigenvalue weighted by atomic mass is 9.77. The van der Waals surface area contributed by atoms with Crippen LogP contribution in [0.25, 0.3) is 0 Å². The van der Waals surface area contributed by atoms with E-state index in [1.54, 1.807) is 37.3 Å². The highest BCUT2D eigenvalue weighted by atomic mass is 19.1. The number of hydrogen-bond donors (Lipinski definition) is 1. The number of esters is 1. The lowest BCUT2D eigenvalue weighted by Crippen LogP contribution is -2.56. The Morgan fingerprint density at radius 2 is 1.82 bits per heavy atom. The summed E-state index contributed by atoms with van der Waals surface area (Å²) in [7, 11) is 0. The van der Waals surface area contributed by atoms with Gasteiger partial charge in [-0.1, -0.05) is 43.7 Å². The zero-order chi connectivity index (χ0) is 24.6. The molecule has 0 saturated carbocycles. The Bertz CT molecular complexity index is 1170. The van der Waals surface area contributed by atoms with Gasteiger partial charge < -0.3 is 4.74 Å². The van der Waals surface area contributed by atoms with Gasteiger partial charge in [-0.25, -0.2) is 9.29 Å². The molecular weight excluding hydrogens is 439 g/mol. The van der Waals surface area contributed by atoms with Crippen LogP contribution in [0.3, 0.4) is 0 Å². The molecule has 2 saturated heterocycles. The minimum absolute atomic E-state index is 0.0975. The Morgan fingerprint density at radius 3 is 2.47 bits per heavy atom. The minimum Gasteiger partial charge on any atom is -0.465 e. The summed E-state index contributed by atoms with van der Waals surface area (Å²) in [5, 5.41) is 3.17. The van der Waals surface area contributed by atoms with Crippen LogP contribution in [0, 0.1) is 17.7 Å². The summed E-state index contributed by atoms with van der Waals surface area (Å²) in [6, 6.07) is 11.4. The first-order valence-electron chi connectivity index (χ1n) is 11.4. The van der Waals surface area contributed by atoms with Crippen LogP contribution in [0.1, 0.15) is 55.6 Å². The molecule has 2 aromatic carbocycles. The first-order valence-corrected chi connectivity index (χ1v) is 11.4. The summed E-state index contributed by atoms with van der Waals surface area (Å²) in [6.07, 6.45) is 0.763. The largest absolute Gasteiger partial charge is 0.465 e. The van der Waals surface area contributed by atoms with Crippen molar-refractivity contribution in [1.82, 2.24) is 5.32 Å². The van der Waals surface area contributed by atoms with Gasteiger partial charge in [-0.2, -0.15) is 0 Å². The molecule has 4 atom stereocenters. The van der Waals surface area contributed by atoms with E-state index in [2.05, 4.69) is 5.32 Å². The highest BCUT2D eigenvalue weighted by Gasteiger charge is 2.68. The number of nitrogens with zero attached hydrogens (tertiary/aromatic N) is 1. The molecule has 0 spiro atoms.